The molecule has 0 spiro atoms. The van der Waals surface area contributed by atoms with Crippen LogP contribution in [0.1, 0.15) is 23.0 Å². The number of rotatable bonds is 5. The van der Waals surface area contributed by atoms with E-state index in [-0.39, 0.29) is 5.91 Å². The standard InChI is InChI=1S/C23H23Cl2N3O3/c1-3-30-19-10-5-4-9-18(19)27-11-13-28(14-12-27)23(29)20-15(2)31-26-22(20)21-16(24)7-6-8-17(21)25/h4-10H,3,11-14H2,1-2H3. The van der Waals surface area contributed by atoms with Crippen molar-refractivity contribution in [2.75, 3.05) is 37.7 Å². The van der Waals surface area contributed by atoms with Crippen LogP contribution in [0, 0.1) is 6.92 Å². The highest BCUT2D eigenvalue weighted by atomic mass is 35.5. The van der Waals surface area contributed by atoms with E-state index in [2.05, 4.69) is 10.1 Å². The van der Waals surface area contributed by atoms with E-state index in [0.29, 0.717) is 65.4 Å². The number of piperazine rings is 1. The molecule has 1 saturated heterocycles. The molecule has 1 amide bonds. The van der Waals surface area contributed by atoms with Gasteiger partial charge in [0.1, 0.15) is 22.8 Å². The molecule has 0 saturated carbocycles. The Kier molecular flexibility index (Phi) is 6.39. The first-order valence-corrected chi connectivity index (χ1v) is 10.9. The van der Waals surface area contributed by atoms with Crippen LogP contribution >= 0.6 is 23.2 Å². The molecule has 0 aliphatic carbocycles. The van der Waals surface area contributed by atoms with Crippen LogP contribution < -0.4 is 9.64 Å². The number of anilines is 1. The minimum Gasteiger partial charge on any atom is -0.492 e. The van der Waals surface area contributed by atoms with Gasteiger partial charge in [-0.05, 0) is 38.1 Å². The molecule has 0 N–H and O–H groups in total. The van der Waals surface area contributed by atoms with Crippen molar-refractivity contribution in [1.82, 2.24) is 10.1 Å². The lowest BCUT2D eigenvalue weighted by Gasteiger charge is -2.36. The number of aryl methyl sites for hydroxylation is 1. The summed E-state index contributed by atoms with van der Waals surface area (Å²) in [6.45, 7) is 6.83. The SMILES string of the molecule is CCOc1ccccc1N1CCN(C(=O)c2c(-c3c(Cl)cccc3Cl)noc2C)CC1. The third-order valence-corrected chi connectivity index (χ3v) is 5.98. The topological polar surface area (TPSA) is 58.8 Å². The van der Waals surface area contributed by atoms with E-state index < -0.39 is 0 Å². The largest absolute Gasteiger partial charge is 0.492 e. The summed E-state index contributed by atoms with van der Waals surface area (Å²) in [4.78, 5) is 17.5. The average Bonchev–Trinajstić information content (AvgIpc) is 3.15. The smallest absolute Gasteiger partial charge is 0.259 e. The van der Waals surface area contributed by atoms with Gasteiger partial charge in [-0.2, -0.15) is 0 Å². The van der Waals surface area contributed by atoms with Gasteiger partial charge in [0.25, 0.3) is 5.91 Å². The Labute approximate surface area is 191 Å². The van der Waals surface area contributed by atoms with Gasteiger partial charge in [0.05, 0.1) is 22.3 Å². The Morgan fingerprint density at radius 2 is 1.74 bits per heavy atom. The molecule has 0 atom stereocenters. The highest BCUT2D eigenvalue weighted by Gasteiger charge is 2.30. The molecule has 0 unspecified atom stereocenters. The second-order valence-corrected chi connectivity index (χ2v) is 8.05. The third kappa shape index (κ3) is 4.23. The van der Waals surface area contributed by atoms with Crippen LogP contribution in [0.4, 0.5) is 5.69 Å². The molecule has 8 heteroatoms. The lowest BCUT2D eigenvalue weighted by molar-refractivity contribution is 0.0745. The van der Waals surface area contributed by atoms with Crippen molar-refractivity contribution in [3.8, 4) is 17.0 Å². The van der Waals surface area contributed by atoms with Crippen molar-refractivity contribution in [1.29, 1.82) is 0 Å². The molecule has 2 heterocycles. The fourth-order valence-corrected chi connectivity index (χ4v) is 4.40. The van der Waals surface area contributed by atoms with Gasteiger partial charge in [0, 0.05) is 31.7 Å². The molecule has 162 valence electrons. The van der Waals surface area contributed by atoms with Gasteiger partial charge < -0.3 is 19.1 Å². The first kappa shape index (κ1) is 21.5. The average molecular weight is 460 g/mol. The lowest BCUT2D eigenvalue weighted by atomic mass is 10.0. The maximum absolute atomic E-state index is 13.4. The van der Waals surface area contributed by atoms with Crippen molar-refractivity contribution < 1.29 is 14.1 Å². The number of nitrogens with zero attached hydrogens (tertiary/aromatic N) is 3. The summed E-state index contributed by atoms with van der Waals surface area (Å²) < 4.78 is 11.1. The Morgan fingerprint density at radius 3 is 2.42 bits per heavy atom. The zero-order chi connectivity index (χ0) is 22.0. The van der Waals surface area contributed by atoms with Crippen LogP contribution in [0.5, 0.6) is 5.75 Å². The summed E-state index contributed by atoms with van der Waals surface area (Å²) >= 11 is 12.7. The summed E-state index contributed by atoms with van der Waals surface area (Å²) in [5.74, 6) is 1.16. The van der Waals surface area contributed by atoms with Crippen molar-refractivity contribution in [2.24, 2.45) is 0 Å². The number of hydrogen-bond acceptors (Lipinski definition) is 5. The molecule has 1 aliphatic rings. The van der Waals surface area contributed by atoms with Crippen molar-refractivity contribution >= 4 is 34.8 Å². The number of aromatic nitrogens is 1. The molecular weight excluding hydrogens is 437 g/mol. The molecule has 1 fully saturated rings. The molecule has 3 aromatic rings. The lowest BCUT2D eigenvalue weighted by Crippen LogP contribution is -2.49. The number of carbonyl (C=O) groups is 1. The summed E-state index contributed by atoms with van der Waals surface area (Å²) in [6.07, 6.45) is 0. The summed E-state index contributed by atoms with van der Waals surface area (Å²) in [7, 11) is 0. The Hall–Kier alpha value is -2.70. The molecule has 0 bridgehead atoms. The molecule has 0 radical (unpaired) electrons. The number of halogens is 2. The fourth-order valence-electron chi connectivity index (χ4n) is 3.82. The molecule has 6 nitrogen and oxygen atoms in total. The molecule has 2 aromatic carbocycles. The third-order valence-electron chi connectivity index (χ3n) is 5.35. The van der Waals surface area contributed by atoms with Gasteiger partial charge in [-0.25, -0.2) is 0 Å². The van der Waals surface area contributed by atoms with Gasteiger partial charge in [-0.1, -0.05) is 46.6 Å². The number of carbonyl (C=O) groups excluding carboxylic acids is 1. The predicted molar refractivity (Wildman–Crippen MR) is 122 cm³/mol. The van der Waals surface area contributed by atoms with Crippen LogP contribution in [0.2, 0.25) is 10.0 Å². The number of hydrogen-bond donors (Lipinski definition) is 0. The van der Waals surface area contributed by atoms with Gasteiger partial charge in [-0.15, -0.1) is 0 Å². The Morgan fingerprint density at radius 1 is 1.06 bits per heavy atom. The zero-order valence-electron chi connectivity index (χ0n) is 17.4. The minimum atomic E-state index is -0.137. The van der Waals surface area contributed by atoms with E-state index in [1.54, 1.807) is 25.1 Å². The van der Waals surface area contributed by atoms with Crippen LogP contribution in [-0.2, 0) is 0 Å². The Bertz CT molecular complexity index is 1070. The maximum Gasteiger partial charge on any atom is 0.259 e. The number of para-hydroxylation sites is 2. The molecule has 31 heavy (non-hydrogen) atoms. The van der Waals surface area contributed by atoms with Crippen molar-refractivity contribution in [3.05, 3.63) is 63.8 Å². The van der Waals surface area contributed by atoms with E-state index in [1.807, 2.05) is 36.1 Å². The van der Waals surface area contributed by atoms with Gasteiger partial charge in [0.15, 0.2) is 0 Å². The summed E-state index contributed by atoms with van der Waals surface area (Å²) in [5.41, 5.74) is 2.33. The summed E-state index contributed by atoms with van der Waals surface area (Å²) in [6, 6.07) is 13.2. The number of amides is 1. The van der Waals surface area contributed by atoms with Gasteiger partial charge >= 0.3 is 0 Å². The first-order valence-electron chi connectivity index (χ1n) is 10.2. The first-order chi connectivity index (χ1) is 15.0. The molecule has 1 aromatic heterocycles. The molecule has 4 rings (SSSR count). The van der Waals surface area contributed by atoms with Crippen LogP contribution in [-0.4, -0.2) is 48.7 Å². The van der Waals surface area contributed by atoms with E-state index in [1.165, 1.54) is 0 Å². The van der Waals surface area contributed by atoms with E-state index in [4.69, 9.17) is 32.5 Å². The monoisotopic (exact) mass is 459 g/mol. The highest BCUT2D eigenvalue weighted by Crippen LogP contribution is 2.37. The quantitative estimate of drug-likeness (QED) is 0.516. The number of benzene rings is 2. The predicted octanol–water partition coefficient (Wildman–Crippen LogP) is 5.32. The second-order valence-electron chi connectivity index (χ2n) is 7.24. The van der Waals surface area contributed by atoms with E-state index in [9.17, 15) is 4.79 Å². The second kappa shape index (κ2) is 9.20. The Balaban J connectivity index is 1.55. The maximum atomic E-state index is 13.4. The van der Waals surface area contributed by atoms with Gasteiger partial charge in [-0.3, -0.25) is 4.79 Å². The van der Waals surface area contributed by atoms with Gasteiger partial charge in [0.2, 0.25) is 0 Å². The van der Waals surface area contributed by atoms with Crippen LogP contribution in [0.25, 0.3) is 11.3 Å². The minimum absolute atomic E-state index is 0.137. The molecule has 1 aliphatic heterocycles. The van der Waals surface area contributed by atoms with E-state index in [0.717, 1.165) is 11.4 Å². The molecular formula is C23H23Cl2N3O3. The van der Waals surface area contributed by atoms with Crippen molar-refractivity contribution in [3.63, 3.8) is 0 Å². The fraction of sp³-hybridized carbons (Fsp3) is 0.304. The van der Waals surface area contributed by atoms with Crippen LogP contribution in [0.3, 0.4) is 0 Å². The summed E-state index contributed by atoms with van der Waals surface area (Å²) in [5, 5.41) is 4.95. The van der Waals surface area contributed by atoms with Crippen molar-refractivity contribution in [2.45, 2.75) is 13.8 Å². The highest BCUT2D eigenvalue weighted by molar-refractivity contribution is 6.39. The number of ether oxygens (including phenoxy) is 1. The zero-order valence-corrected chi connectivity index (χ0v) is 18.9. The van der Waals surface area contributed by atoms with E-state index >= 15 is 0 Å². The normalized spacial score (nSPS) is 14.1. The van der Waals surface area contributed by atoms with Crippen LogP contribution in [0.15, 0.2) is 47.0 Å².